The van der Waals surface area contributed by atoms with Crippen LogP contribution in [-0.4, -0.2) is 37.6 Å². The van der Waals surface area contributed by atoms with Crippen molar-refractivity contribution in [3.05, 3.63) is 24.3 Å². The van der Waals surface area contributed by atoms with E-state index in [1.807, 2.05) is 20.8 Å². The zero-order valence-corrected chi connectivity index (χ0v) is 16.3. The van der Waals surface area contributed by atoms with E-state index in [4.69, 9.17) is 5.14 Å². The molecule has 3 rings (SSSR count). The first-order chi connectivity index (χ1) is 12.4. The van der Waals surface area contributed by atoms with Crippen molar-refractivity contribution in [2.24, 2.45) is 21.9 Å². The van der Waals surface area contributed by atoms with E-state index in [1.54, 1.807) is 0 Å². The highest BCUT2D eigenvalue weighted by molar-refractivity contribution is 7.89. The number of fused-ring (bicyclic) bond motifs is 2. The molecule has 0 spiro atoms. The molecule has 1 saturated carbocycles. The summed E-state index contributed by atoms with van der Waals surface area (Å²) in [5.41, 5.74) is -0.750. The monoisotopic (exact) mass is 393 g/mol. The van der Waals surface area contributed by atoms with Crippen LogP contribution in [0.1, 0.15) is 33.6 Å². The Morgan fingerprint density at radius 1 is 1.22 bits per heavy atom. The standard InChI is InChI=1S/C18H23N3O5S/c1-17(2)13-8-9-18(17,3)16(24)21(15(13)23)10-14(22)20-11-4-6-12(7-5-11)27(19,25)26/h4-7,13H,8-10H2,1-3H3,(H,20,22)(H2,19,25,26). The predicted molar refractivity (Wildman–Crippen MR) is 97.8 cm³/mol. The summed E-state index contributed by atoms with van der Waals surface area (Å²) in [6.07, 6.45) is 1.27. The number of piperidine rings is 1. The number of nitrogens with two attached hydrogens (primary N) is 1. The van der Waals surface area contributed by atoms with E-state index in [1.165, 1.54) is 24.3 Å². The van der Waals surface area contributed by atoms with Gasteiger partial charge in [0.1, 0.15) is 6.54 Å². The number of sulfonamides is 1. The zero-order valence-electron chi connectivity index (χ0n) is 15.5. The normalized spacial score (nSPS) is 27.0. The average molecular weight is 393 g/mol. The zero-order chi connectivity index (χ0) is 20.2. The molecule has 9 heteroatoms. The lowest BCUT2D eigenvalue weighted by Crippen LogP contribution is -2.60. The molecule has 146 valence electrons. The minimum absolute atomic E-state index is 0.0754. The molecule has 1 saturated heterocycles. The first-order valence-corrected chi connectivity index (χ1v) is 10.2. The third-order valence-electron chi connectivity index (χ3n) is 6.28. The third kappa shape index (κ3) is 3.04. The first-order valence-electron chi connectivity index (χ1n) is 8.66. The molecular formula is C18H23N3O5S. The van der Waals surface area contributed by atoms with Gasteiger partial charge in [-0.15, -0.1) is 0 Å². The largest absolute Gasteiger partial charge is 0.325 e. The summed E-state index contributed by atoms with van der Waals surface area (Å²) in [5, 5.41) is 7.60. The molecule has 27 heavy (non-hydrogen) atoms. The smallest absolute Gasteiger partial charge is 0.244 e. The molecule has 1 aliphatic carbocycles. The highest BCUT2D eigenvalue weighted by Crippen LogP contribution is 2.59. The van der Waals surface area contributed by atoms with Crippen LogP contribution in [0.25, 0.3) is 0 Å². The number of hydrogen-bond donors (Lipinski definition) is 2. The molecule has 3 N–H and O–H groups in total. The Balaban J connectivity index is 1.73. The summed E-state index contributed by atoms with van der Waals surface area (Å²) < 4.78 is 22.5. The summed E-state index contributed by atoms with van der Waals surface area (Å²) in [5.74, 6) is -1.42. The summed E-state index contributed by atoms with van der Waals surface area (Å²) in [4.78, 5) is 39.0. The van der Waals surface area contributed by atoms with Gasteiger partial charge in [0.15, 0.2) is 0 Å². The predicted octanol–water partition coefficient (Wildman–Crippen LogP) is 1.08. The van der Waals surface area contributed by atoms with Gasteiger partial charge in [0.05, 0.1) is 10.3 Å². The Hall–Kier alpha value is -2.26. The SMILES string of the molecule is CC12CCC(C(=O)N(CC(=O)Nc3ccc(S(N)(=O)=O)cc3)C1=O)C2(C)C. The number of nitrogens with one attached hydrogen (secondary N) is 1. The number of carbonyl (C=O) groups excluding carboxylic acids is 3. The molecule has 2 fully saturated rings. The van der Waals surface area contributed by atoms with Gasteiger partial charge in [-0.1, -0.05) is 20.8 Å². The van der Waals surface area contributed by atoms with Gasteiger partial charge in [-0.2, -0.15) is 0 Å². The van der Waals surface area contributed by atoms with Crippen molar-refractivity contribution < 1.29 is 22.8 Å². The lowest BCUT2D eigenvalue weighted by molar-refractivity contribution is -0.168. The van der Waals surface area contributed by atoms with Crippen LogP contribution >= 0.6 is 0 Å². The Morgan fingerprint density at radius 2 is 1.81 bits per heavy atom. The van der Waals surface area contributed by atoms with E-state index in [0.29, 0.717) is 18.5 Å². The van der Waals surface area contributed by atoms with Crippen LogP contribution < -0.4 is 10.5 Å². The van der Waals surface area contributed by atoms with Crippen LogP contribution in [-0.2, 0) is 24.4 Å². The number of rotatable bonds is 4. The van der Waals surface area contributed by atoms with E-state index >= 15 is 0 Å². The van der Waals surface area contributed by atoms with Gasteiger partial charge in [-0.3, -0.25) is 19.3 Å². The maximum absolute atomic E-state index is 12.9. The topological polar surface area (TPSA) is 127 Å². The van der Waals surface area contributed by atoms with Crippen LogP contribution in [0, 0.1) is 16.7 Å². The minimum Gasteiger partial charge on any atom is -0.325 e. The second-order valence-corrected chi connectivity index (χ2v) is 9.55. The van der Waals surface area contributed by atoms with E-state index < -0.39 is 26.8 Å². The fourth-order valence-corrected chi connectivity index (χ4v) is 4.64. The van der Waals surface area contributed by atoms with Crippen LogP contribution in [0.5, 0.6) is 0 Å². The van der Waals surface area contributed by atoms with Crippen molar-refractivity contribution in [1.82, 2.24) is 4.90 Å². The average Bonchev–Trinajstić information content (AvgIpc) is 2.76. The van der Waals surface area contributed by atoms with Crippen LogP contribution in [0.2, 0.25) is 0 Å². The molecule has 0 aromatic heterocycles. The number of likely N-dealkylation sites (tertiary alicyclic amines) is 1. The van der Waals surface area contributed by atoms with Crippen molar-refractivity contribution in [2.75, 3.05) is 11.9 Å². The van der Waals surface area contributed by atoms with E-state index in [9.17, 15) is 22.8 Å². The number of hydrogen-bond acceptors (Lipinski definition) is 5. The van der Waals surface area contributed by atoms with Crippen molar-refractivity contribution in [2.45, 2.75) is 38.5 Å². The van der Waals surface area contributed by atoms with Gasteiger partial charge in [0.2, 0.25) is 27.7 Å². The quantitative estimate of drug-likeness (QED) is 0.740. The molecule has 2 aliphatic rings. The molecule has 1 heterocycles. The van der Waals surface area contributed by atoms with Crippen molar-refractivity contribution in [3.8, 4) is 0 Å². The summed E-state index contributed by atoms with van der Waals surface area (Å²) in [6, 6.07) is 5.33. The van der Waals surface area contributed by atoms with Gasteiger partial charge >= 0.3 is 0 Å². The second kappa shape index (κ2) is 6.13. The van der Waals surface area contributed by atoms with Crippen LogP contribution in [0.4, 0.5) is 5.69 Å². The maximum Gasteiger partial charge on any atom is 0.244 e. The summed E-state index contributed by atoms with van der Waals surface area (Å²) >= 11 is 0. The lowest BCUT2D eigenvalue weighted by Gasteiger charge is -2.47. The van der Waals surface area contributed by atoms with Gasteiger partial charge < -0.3 is 5.32 Å². The molecule has 1 aromatic carbocycles. The number of carbonyl (C=O) groups is 3. The van der Waals surface area contributed by atoms with E-state index in [0.717, 1.165) is 4.90 Å². The molecule has 1 aliphatic heterocycles. The second-order valence-electron chi connectivity index (χ2n) is 7.99. The van der Waals surface area contributed by atoms with Gasteiger partial charge in [0.25, 0.3) is 0 Å². The number of primary sulfonamides is 1. The molecule has 1 aromatic rings. The molecule has 2 bridgehead atoms. The van der Waals surface area contributed by atoms with Crippen LogP contribution in [0.3, 0.4) is 0 Å². The highest BCUT2D eigenvalue weighted by Gasteiger charge is 2.64. The minimum atomic E-state index is -3.82. The van der Waals surface area contributed by atoms with Crippen molar-refractivity contribution in [1.29, 1.82) is 0 Å². The Kier molecular flexibility index (Phi) is 4.43. The van der Waals surface area contributed by atoms with Crippen LogP contribution in [0.15, 0.2) is 29.2 Å². The van der Waals surface area contributed by atoms with Crippen molar-refractivity contribution >= 4 is 33.4 Å². The number of nitrogens with zero attached hydrogens (tertiary/aromatic N) is 1. The molecule has 2 atom stereocenters. The third-order valence-corrected chi connectivity index (χ3v) is 7.21. The number of amides is 3. The van der Waals surface area contributed by atoms with Gasteiger partial charge in [-0.05, 0) is 42.5 Å². The summed E-state index contributed by atoms with van der Waals surface area (Å²) in [7, 11) is -3.82. The van der Waals surface area contributed by atoms with E-state index in [2.05, 4.69) is 5.32 Å². The lowest BCUT2D eigenvalue weighted by atomic mass is 9.62. The Labute approximate surface area is 158 Å². The molecule has 2 unspecified atom stereocenters. The number of benzene rings is 1. The van der Waals surface area contributed by atoms with Gasteiger partial charge in [-0.25, -0.2) is 13.6 Å². The molecule has 8 nitrogen and oxygen atoms in total. The molecule has 3 amide bonds. The molecule has 0 radical (unpaired) electrons. The Bertz CT molecular complexity index is 923. The van der Waals surface area contributed by atoms with Crippen molar-refractivity contribution in [3.63, 3.8) is 0 Å². The highest BCUT2D eigenvalue weighted by atomic mass is 32.2. The fourth-order valence-electron chi connectivity index (χ4n) is 4.12. The molecular weight excluding hydrogens is 370 g/mol. The fraction of sp³-hybridized carbons (Fsp3) is 0.500. The maximum atomic E-state index is 12.9. The van der Waals surface area contributed by atoms with Gasteiger partial charge in [0, 0.05) is 11.6 Å². The first kappa shape index (κ1) is 19.5. The van der Waals surface area contributed by atoms with E-state index in [-0.39, 0.29) is 29.2 Å². The number of anilines is 1. The number of imide groups is 1. The summed E-state index contributed by atoms with van der Waals surface area (Å²) in [6.45, 7) is 5.37. The Morgan fingerprint density at radius 3 is 2.37 bits per heavy atom.